The summed E-state index contributed by atoms with van der Waals surface area (Å²) in [5.41, 5.74) is 2.57. The van der Waals surface area contributed by atoms with Crippen LogP contribution in [0.2, 0.25) is 0 Å². The van der Waals surface area contributed by atoms with Gasteiger partial charge in [0.15, 0.2) is 0 Å². The average molecular weight is 246 g/mol. The lowest BCUT2D eigenvalue weighted by atomic mass is 10.2. The van der Waals surface area contributed by atoms with Crippen LogP contribution >= 0.6 is 0 Å². The molecular weight excluding hydrogens is 224 g/mol. The predicted molar refractivity (Wildman–Crippen MR) is 75.7 cm³/mol. The van der Waals surface area contributed by atoms with E-state index in [0.29, 0.717) is 12.6 Å². The van der Waals surface area contributed by atoms with Crippen molar-refractivity contribution in [2.45, 2.75) is 39.5 Å². The monoisotopic (exact) mass is 246 g/mol. The summed E-state index contributed by atoms with van der Waals surface area (Å²) in [6.45, 7) is 7.61. The van der Waals surface area contributed by atoms with Crippen LogP contribution in [0.5, 0.6) is 0 Å². The molecule has 0 radical (unpaired) electrons. The van der Waals surface area contributed by atoms with E-state index in [1.807, 2.05) is 0 Å². The fraction of sp³-hybridized carbons (Fsp3) is 0.467. The lowest BCUT2D eigenvalue weighted by Gasteiger charge is -2.08. The molecular formula is C15H22N2O. The Morgan fingerprint density at radius 3 is 2.61 bits per heavy atom. The molecule has 0 amide bonds. The Hall–Kier alpha value is -1.32. The van der Waals surface area contributed by atoms with Gasteiger partial charge in [0.2, 0.25) is 0 Å². The van der Waals surface area contributed by atoms with Crippen molar-refractivity contribution in [3.8, 4) is 0 Å². The van der Waals surface area contributed by atoms with Gasteiger partial charge in [0.05, 0.1) is 6.10 Å². The largest absolute Gasteiger partial charge is 0.392 e. The Balaban J connectivity index is 2.27. The zero-order valence-corrected chi connectivity index (χ0v) is 11.4. The van der Waals surface area contributed by atoms with E-state index in [1.54, 1.807) is 6.92 Å². The first-order chi connectivity index (χ1) is 8.59. The van der Waals surface area contributed by atoms with E-state index in [-0.39, 0.29) is 6.10 Å². The highest BCUT2D eigenvalue weighted by atomic mass is 16.3. The van der Waals surface area contributed by atoms with Crippen LogP contribution in [0.15, 0.2) is 30.5 Å². The smallest absolute Gasteiger partial charge is 0.0636 e. The van der Waals surface area contributed by atoms with Crippen LogP contribution in [-0.2, 0) is 6.54 Å². The summed E-state index contributed by atoms with van der Waals surface area (Å²) in [6.07, 6.45) is 1.91. The molecule has 0 saturated carbocycles. The highest BCUT2D eigenvalue weighted by Gasteiger charge is 2.09. The zero-order chi connectivity index (χ0) is 13.1. The number of aliphatic hydroxyl groups excluding tert-OH is 1. The van der Waals surface area contributed by atoms with Crippen molar-refractivity contribution < 1.29 is 5.11 Å². The van der Waals surface area contributed by atoms with Crippen LogP contribution in [0, 0.1) is 0 Å². The molecule has 2 rings (SSSR count). The number of hydrogen-bond donors (Lipinski definition) is 2. The van der Waals surface area contributed by atoms with Crippen molar-refractivity contribution in [3.63, 3.8) is 0 Å². The number of rotatable bonds is 5. The van der Waals surface area contributed by atoms with Crippen molar-refractivity contribution in [2.24, 2.45) is 0 Å². The molecule has 18 heavy (non-hydrogen) atoms. The maximum absolute atomic E-state index is 9.27. The van der Waals surface area contributed by atoms with Crippen molar-refractivity contribution in [3.05, 3.63) is 36.0 Å². The molecule has 0 aliphatic heterocycles. The van der Waals surface area contributed by atoms with Crippen LogP contribution < -0.4 is 5.32 Å². The molecule has 2 aromatic rings. The molecule has 2 N–H and O–H groups in total. The van der Waals surface area contributed by atoms with Crippen molar-refractivity contribution >= 4 is 10.9 Å². The van der Waals surface area contributed by atoms with E-state index in [2.05, 4.69) is 54.2 Å². The number of benzene rings is 1. The second-order valence-electron chi connectivity index (χ2n) is 5.15. The lowest BCUT2D eigenvalue weighted by molar-refractivity contribution is 0.191. The number of nitrogens with one attached hydrogen (secondary N) is 1. The average Bonchev–Trinajstić information content (AvgIpc) is 2.68. The topological polar surface area (TPSA) is 37.2 Å². The summed E-state index contributed by atoms with van der Waals surface area (Å²) in [7, 11) is 0. The quantitative estimate of drug-likeness (QED) is 0.851. The van der Waals surface area contributed by atoms with Crippen LogP contribution in [0.1, 0.15) is 32.4 Å². The second-order valence-corrected chi connectivity index (χ2v) is 5.15. The van der Waals surface area contributed by atoms with Crippen LogP contribution in [0.3, 0.4) is 0 Å². The molecule has 1 aromatic carbocycles. The molecule has 3 heteroatoms. The third-order valence-electron chi connectivity index (χ3n) is 3.13. The number of fused-ring (bicyclic) bond motifs is 1. The minimum absolute atomic E-state index is 0.302. The Morgan fingerprint density at radius 2 is 1.94 bits per heavy atom. The summed E-state index contributed by atoms with van der Waals surface area (Å²) in [4.78, 5) is 0. The maximum Gasteiger partial charge on any atom is 0.0636 e. The van der Waals surface area contributed by atoms with Crippen LogP contribution in [-0.4, -0.2) is 22.3 Å². The van der Waals surface area contributed by atoms with E-state index in [9.17, 15) is 5.11 Å². The fourth-order valence-corrected chi connectivity index (χ4v) is 2.26. The van der Waals surface area contributed by atoms with Crippen LogP contribution in [0.4, 0.5) is 0 Å². The minimum Gasteiger partial charge on any atom is -0.392 e. The number of aromatic nitrogens is 1. The SMILES string of the molecule is CC(O)CNCc1cn(C(C)C)c2ccccc12. The van der Waals surface area contributed by atoms with Gasteiger partial charge < -0.3 is 15.0 Å². The molecule has 0 fully saturated rings. The minimum atomic E-state index is -0.302. The molecule has 0 saturated heterocycles. The highest BCUT2D eigenvalue weighted by Crippen LogP contribution is 2.24. The van der Waals surface area contributed by atoms with Gasteiger partial charge in [0.25, 0.3) is 0 Å². The number of hydrogen-bond acceptors (Lipinski definition) is 2. The zero-order valence-electron chi connectivity index (χ0n) is 11.4. The molecule has 0 aliphatic rings. The van der Waals surface area contributed by atoms with E-state index in [0.717, 1.165) is 6.54 Å². The summed E-state index contributed by atoms with van der Waals surface area (Å²) < 4.78 is 2.30. The van der Waals surface area contributed by atoms with Gasteiger partial charge in [-0.05, 0) is 32.4 Å². The van der Waals surface area contributed by atoms with E-state index in [1.165, 1.54) is 16.5 Å². The van der Waals surface area contributed by atoms with Crippen molar-refractivity contribution in [1.82, 2.24) is 9.88 Å². The summed E-state index contributed by atoms with van der Waals surface area (Å²) in [6, 6.07) is 8.93. The maximum atomic E-state index is 9.27. The Morgan fingerprint density at radius 1 is 1.22 bits per heavy atom. The van der Waals surface area contributed by atoms with Gasteiger partial charge in [-0.3, -0.25) is 0 Å². The molecule has 98 valence electrons. The lowest BCUT2D eigenvalue weighted by Crippen LogP contribution is -2.23. The molecule has 0 bridgehead atoms. The summed E-state index contributed by atoms with van der Waals surface area (Å²) in [5, 5.41) is 13.8. The summed E-state index contributed by atoms with van der Waals surface area (Å²) in [5.74, 6) is 0. The van der Waals surface area contributed by atoms with Crippen LogP contribution in [0.25, 0.3) is 10.9 Å². The number of nitrogens with zero attached hydrogens (tertiary/aromatic N) is 1. The van der Waals surface area contributed by atoms with Crippen molar-refractivity contribution in [1.29, 1.82) is 0 Å². The molecule has 1 unspecified atom stereocenters. The van der Waals surface area contributed by atoms with Gasteiger partial charge in [-0.2, -0.15) is 0 Å². The first kappa shape index (κ1) is 13.1. The Kier molecular flexibility index (Phi) is 4.04. The second kappa shape index (κ2) is 5.55. The van der Waals surface area contributed by atoms with E-state index < -0.39 is 0 Å². The fourth-order valence-electron chi connectivity index (χ4n) is 2.26. The standard InChI is InChI=1S/C15H22N2O/c1-11(2)17-10-13(9-16-8-12(3)18)14-6-4-5-7-15(14)17/h4-7,10-12,16,18H,8-9H2,1-3H3. The van der Waals surface area contributed by atoms with Gasteiger partial charge >= 0.3 is 0 Å². The molecule has 1 aromatic heterocycles. The van der Waals surface area contributed by atoms with Gasteiger partial charge in [-0.1, -0.05) is 18.2 Å². The molecule has 0 spiro atoms. The third kappa shape index (κ3) is 2.74. The normalized spacial score (nSPS) is 13.4. The van der Waals surface area contributed by atoms with Crippen molar-refractivity contribution in [2.75, 3.05) is 6.54 Å². The van der Waals surface area contributed by atoms with E-state index >= 15 is 0 Å². The molecule has 1 atom stereocenters. The predicted octanol–water partition coefficient (Wildman–Crippen LogP) is 2.69. The van der Waals surface area contributed by atoms with E-state index in [4.69, 9.17) is 0 Å². The van der Waals surface area contributed by atoms with Gasteiger partial charge in [0, 0.05) is 36.2 Å². The van der Waals surface area contributed by atoms with Gasteiger partial charge in [-0.15, -0.1) is 0 Å². The Bertz CT molecular complexity index is 514. The first-order valence-electron chi connectivity index (χ1n) is 6.57. The Labute approximate surface area is 108 Å². The number of para-hydroxylation sites is 1. The van der Waals surface area contributed by atoms with Gasteiger partial charge in [0.1, 0.15) is 0 Å². The number of aliphatic hydroxyl groups is 1. The first-order valence-corrected chi connectivity index (χ1v) is 6.57. The third-order valence-corrected chi connectivity index (χ3v) is 3.13. The highest BCUT2D eigenvalue weighted by molar-refractivity contribution is 5.84. The molecule has 3 nitrogen and oxygen atoms in total. The summed E-state index contributed by atoms with van der Waals surface area (Å²) >= 11 is 0. The molecule has 1 heterocycles. The molecule has 0 aliphatic carbocycles. The van der Waals surface area contributed by atoms with Gasteiger partial charge in [-0.25, -0.2) is 0 Å².